The van der Waals surface area contributed by atoms with E-state index in [9.17, 15) is 4.79 Å². The lowest BCUT2D eigenvalue weighted by atomic mass is 10.1. The lowest BCUT2D eigenvalue weighted by Gasteiger charge is -2.06. The Morgan fingerprint density at radius 1 is 1.62 bits per heavy atom. The first-order valence-electron chi connectivity index (χ1n) is 4.27. The standard InChI is InChI=1S/C11H8ClNO3/c1-16-10-4-2-3-9(12)8(10)5-7(6-13)11(14)15/h2-5H,1H3,(H,14,15)/b7-5-. The molecule has 0 saturated heterocycles. The minimum Gasteiger partial charge on any atom is -0.496 e. The maximum absolute atomic E-state index is 10.7. The smallest absolute Gasteiger partial charge is 0.346 e. The van der Waals surface area contributed by atoms with Crippen LogP contribution in [-0.2, 0) is 4.79 Å². The van der Waals surface area contributed by atoms with Crippen molar-refractivity contribution in [2.24, 2.45) is 0 Å². The van der Waals surface area contributed by atoms with E-state index in [0.29, 0.717) is 16.3 Å². The molecule has 0 aromatic heterocycles. The molecule has 0 aliphatic rings. The fourth-order valence-corrected chi connectivity index (χ4v) is 1.34. The van der Waals surface area contributed by atoms with Gasteiger partial charge in [-0.15, -0.1) is 0 Å². The summed E-state index contributed by atoms with van der Waals surface area (Å²) in [6.45, 7) is 0. The third-order valence-electron chi connectivity index (χ3n) is 1.87. The Morgan fingerprint density at radius 3 is 2.81 bits per heavy atom. The Hall–Kier alpha value is -1.99. The van der Waals surface area contributed by atoms with Crippen molar-refractivity contribution >= 4 is 23.6 Å². The Kier molecular flexibility index (Phi) is 3.92. The first-order chi connectivity index (χ1) is 7.60. The van der Waals surface area contributed by atoms with Crippen LogP contribution in [0.2, 0.25) is 5.02 Å². The molecule has 0 saturated carbocycles. The van der Waals surface area contributed by atoms with E-state index in [2.05, 4.69) is 0 Å². The quantitative estimate of drug-likeness (QED) is 0.647. The number of methoxy groups -OCH3 is 1. The van der Waals surface area contributed by atoms with Crippen LogP contribution < -0.4 is 4.74 Å². The van der Waals surface area contributed by atoms with Gasteiger partial charge in [-0.3, -0.25) is 0 Å². The zero-order chi connectivity index (χ0) is 12.1. The van der Waals surface area contributed by atoms with Gasteiger partial charge in [0.15, 0.2) is 0 Å². The van der Waals surface area contributed by atoms with Crippen LogP contribution in [0.3, 0.4) is 0 Å². The normalized spacial score (nSPS) is 10.7. The van der Waals surface area contributed by atoms with E-state index < -0.39 is 11.5 Å². The number of halogens is 1. The van der Waals surface area contributed by atoms with E-state index in [1.165, 1.54) is 13.2 Å². The summed E-state index contributed by atoms with van der Waals surface area (Å²) in [5, 5.41) is 17.7. The molecule has 82 valence electrons. The zero-order valence-corrected chi connectivity index (χ0v) is 9.15. The van der Waals surface area contributed by atoms with Crippen LogP contribution in [0.25, 0.3) is 6.08 Å². The molecule has 0 aliphatic heterocycles. The fourth-order valence-electron chi connectivity index (χ4n) is 1.12. The summed E-state index contributed by atoms with van der Waals surface area (Å²) in [5.41, 5.74) is -0.0167. The van der Waals surface area contributed by atoms with E-state index in [0.717, 1.165) is 0 Å². The molecule has 0 atom stereocenters. The second-order valence-electron chi connectivity index (χ2n) is 2.83. The summed E-state index contributed by atoms with van der Waals surface area (Å²) in [6, 6.07) is 6.47. The van der Waals surface area contributed by atoms with Gasteiger partial charge in [0.2, 0.25) is 0 Å². The minimum atomic E-state index is -1.30. The monoisotopic (exact) mass is 237 g/mol. The van der Waals surface area contributed by atoms with E-state index in [1.54, 1.807) is 24.3 Å². The molecule has 0 heterocycles. The third-order valence-corrected chi connectivity index (χ3v) is 2.20. The maximum Gasteiger partial charge on any atom is 0.346 e. The molecule has 0 amide bonds. The fraction of sp³-hybridized carbons (Fsp3) is 0.0909. The Labute approximate surface area is 97.3 Å². The van der Waals surface area contributed by atoms with Crippen LogP contribution in [0.1, 0.15) is 5.56 Å². The molecule has 1 rings (SSSR count). The molecular formula is C11H8ClNO3. The van der Waals surface area contributed by atoms with Crippen molar-refractivity contribution in [3.8, 4) is 11.8 Å². The predicted molar refractivity (Wildman–Crippen MR) is 59.2 cm³/mol. The minimum absolute atomic E-state index is 0.327. The molecule has 4 nitrogen and oxygen atoms in total. The van der Waals surface area contributed by atoms with Crippen LogP contribution in [0, 0.1) is 11.3 Å². The maximum atomic E-state index is 10.7. The Bertz CT molecular complexity index is 488. The van der Waals surface area contributed by atoms with E-state index in [4.69, 9.17) is 26.7 Å². The number of rotatable bonds is 3. The third kappa shape index (κ3) is 2.53. The summed E-state index contributed by atoms with van der Waals surface area (Å²) < 4.78 is 5.02. The zero-order valence-electron chi connectivity index (χ0n) is 8.40. The van der Waals surface area contributed by atoms with Crippen LogP contribution in [-0.4, -0.2) is 18.2 Å². The van der Waals surface area contributed by atoms with Gasteiger partial charge in [-0.05, 0) is 18.2 Å². The lowest BCUT2D eigenvalue weighted by Crippen LogP contribution is -1.98. The number of carbonyl (C=O) groups is 1. The molecule has 0 aliphatic carbocycles. The van der Waals surface area contributed by atoms with Gasteiger partial charge in [0.1, 0.15) is 17.4 Å². The van der Waals surface area contributed by atoms with Crippen molar-refractivity contribution in [2.75, 3.05) is 7.11 Å². The van der Waals surface area contributed by atoms with Crippen molar-refractivity contribution in [2.45, 2.75) is 0 Å². The summed E-state index contributed by atoms with van der Waals surface area (Å²) >= 11 is 5.89. The highest BCUT2D eigenvalue weighted by Crippen LogP contribution is 2.28. The molecule has 0 spiro atoms. The second-order valence-corrected chi connectivity index (χ2v) is 3.24. The van der Waals surface area contributed by atoms with Crippen molar-refractivity contribution in [1.82, 2.24) is 0 Å². The van der Waals surface area contributed by atoms with Gasteiger partial charge in [-0.2, -0.15) is 5.26 Å². The highest BCUT2D eigenvalue weighted by molar-refractivity contribution is 6.32. The first kappa shape index (κ1) is 12.1. The predicted octanol–water partition coefficient (Wildman–Crippen LogP) is 2.34. The van der Waals surface area contributed by atoms with Crippen LogP contribution >= 0.6 is 11.6 Å². The van der Waals surface area contributed by atoms with Crippen LogP contribution in [0.15, 0.2) is 23.8 Å². The summed E-state index contributed by atoms with van der Waals surface area (Å²) in [6.07, 6.45) is 1.18. The van der Waals surface area contributed by atoms with Crippen molar-refractivity contribution in [1.29, 1.82) is 5.26 Å². The molecule has 1 aromatic carbocycles. The van der Waals surface area contributed by atoms with E-state index in [1.807, 2.05) is 0 Å². The number of nitrogens with zero attached hydrogens (tertiary/aromatic N) is 1. The van der Waals surface area contributed by atoms with E-state index in [-0.39, 0.29) is 0 Å². The average molecular weight is 238 g/mol. The van der Waals surface area contributed by atoms with E-state index >= 15 is 0 Å². The summed E-state index contributed by atoms with van der Waals surface area (Å²) in [5.74, 6) is -0.883. The number of benzene rings is 1. The number of carboxylic acids is 1. The van der Waals surface area contributed by atoms with Gasteiger partial charge >= 0.3 is 5.97 Å². The van der Waals surface area contributed by atoms with Gasteiger partial charge in [0.05, 0.1) is 12.1 Å². The van der Waals surface area contributed by atoms with Gasteiger partial charge < -0.3 is 9.84 Å². The molecule has 1 aromatic rings. The topological polar surface area (TPSA) is 70.3 Å². The molecule has 16 heavy (non-hydrogen) atoms. The number of nitriles is 1. The van der Waals surface area contributed by atoms with Gasteiger partial charge in [-0.1, -0.05) is 17.7 Å². The molecule has 0 radical (unpaired) electrons. The number of hydrogen-bond donors (Lipinski definition) is 1. The molecule has 0 fully saturated rings. The summed E-state index contributed by atoms with van der Waals surface area (Å²) in [7, 11) is 1.44. The average Bonchev–Trinajstić information content (AvgIpc) is 2.26. The molecule has 0 unspecified atom stereocenters. The lowest BCUT2D eigenvalue weighted by molar-refractivity contribution is -0.132. The SMILES string of the molecule is COc1cccc(Cl)c1/C=C(/C#N)C(=O)O. The number of ether oxygens (including phenoxy) is 1. The number of carboxylic acid groups (broad SMARTS) is 1. The Balaban J connectivity index is 3.34. The molecule has 5 heteroatoms. The number of hydrogen-bond acceptors (Lipinski definition) is 3. The Morgan fingerprint density at radius 2 is 2.31 bits per heavy atom. The highest BCUT2D eigenvalue weighted by atomic mass is 35.5. The largest absolute Gasteiger partial charge is 0.496 e. The molecule has 0 bridgehead atoms. The molecular weight excluding hydrogens is 230 g/mol. The van der Waals surface area contributed by atoms with Crippen molar-refractivity contribution in [3.05, 3.63) is 34.4 Å². The summed E-state index contributed by atoms with van der Waals surface area (Å²) in [4.78, 5) is 10.7. The van der Waals surface area contributed by atoms with Gasteiger partial charge in [0, 0.05) is 5.56 Å². The van der Waals surface area contributed by atoms with Crippen molar-refractivity contribution < 1.29 is 14.6 Å². The number of aliphatic carboxylic acids is 1. The van der Waals surface area contributed by atoms with Crippen molar-refractivity contribution in [3.63, 3.8) is 0 Å². The molecule has 1 N–H and O–H groups in total. The van der Waals surface area contributed by atoms with Gasteiger partial charge in [-0.25, -0.2) is 4.79 Å². The van der Waals surface area contributed by atoms with Crippen LogP contribution in [0.5, 0.6) is 5.75 Å². The second kappa shape index (κ2) is 5.19. The van der Waals surface area contributed by atoms with Gasteiger partial charge in [0.25, 0.3) is 0 Å². The highest BCUT2D eigenvalue weighted by Gasteiger charge is 2.10. The van der Waals surface area contributed by atoms with Crippen LogP contribution in [0.4, 0.5) is 0 Å². The first-order valence-corrected chi connectivity index (χ1v) is 4.65.